The van der Waals surface area contributed by atoms with Gasteiger partial charge in [-0.2, -0.15) is 0 Å². The molecule has 0 aromatic heterocycles. The number of amides is 5. The number of hydrogen-bond donors (Lipinski definition) is 6. The van der Waals surface area contributed by atoms with Crippen LogP contribution in [-0.4, -0.2) is 89.4 Å². The molecule has 0 heterocycles. The topological polar surface area (TPSA) is 203 Å². The van der Waals surface area contributed by atoms with Crippen LogP contribution in [-0.2, 0) is 39.9 Å². The predicted octanol–water partition coefficient (Wildman–Crippen LogP) is 4.64. The minimum absolute atomic E-state index is 0.0461. The summed E-state index contributed by atoms with van der Waals surface area (Å²) in [5, 5.41) is 30.0. The Kier molecular flexibility index (Phi) is 23.1. The largest absolute Gasteiger partial charge is 0.510 e. The molecule has 0 saturated carbocycles. The van der Waals surface area contributed by atoms with E-state index in [2.05, 4.69) is 28.2 Å². The molecular formula is C42H67N5O9. The van der Waals surface area contributed by atoms with E-state index in [1.165, 1.54) is 18.9 Å². The Morgan fingerprint density at radius 2 is 1.55 bits per heavy atom. The van der Waals surface area contributed by atoms with Crippen molar-refractivity contribution in [1.82, 2.24) is 26.2 Å². The third-order valence-electron chi connectivity index (χ3n) is 9.62. The summed E-state index contributed by atoms with van der Waals surface area (Å²) in [6.07, 6.45) is 6.27. The van der Waals surface area contributed by atoms with Crippen LogP contribution in [0.5, 0.6) is 0 Å². The Morgan fingerprint density at radius 3 is 2.09 bits per heavy atom. The molecule has 5 amide bonds. The van der Waals surface area contributed by atoms with Crippen molar-refractivity contribution in [2.75, 3.05) is 20.2 Å². The van der Waals surface area contributed by atoms with Gasteiger partial charge in [0.15, 0.2) is 0 Å². The van der Waals surface area contributed by atoms with Gasteiger partial charge in [-0.05, 0) is 70.3 Å². The number of carbonyl (C=O) groups excluding carboxylic acids is 6. The molecule has 0 bridgehead atoms. The third-order valence-corrected chi connectivity index (χ3v) is 9.62. The summed E-state index contributed by atoms with van der Waals surface area (Å²) in [5.74, 6) is -4.23. The van der Waals surface area contributed by atoms with E-state index in [1.54, 1.807) is 13.8 Å². The molecule has 0 aliphatic carbocycles. The summed E-state index contributed by atoms with van der Waals surface area (Å²) in [6, 6.07) is 4.40. The molecular weight excluding hydrogens is 718 g/mol. The molecule has 1 aromatic carbocycles. The van der Waals surface area contributed by atoms with Gasteiger partial charge >= 0.3 is 0 Å². The van der Waals surface area contributed by atoms with Crippen LogP contribution < -0.4 is 21.3 Å². The fourth-order valence-corrected chi connectivity index (χ4v) is 6.06. The molecule has 14 heteroatoms. The Morgan fingerprint density at radius 1 is 0.893 bits per heavy atom. The number of hydrogen-bond acceptors (Lipinski definition) is 9. The van der Waals surface area contributed by atoms with E-state index in [0.717, 1.165) is 30.4 Å². The maximum absolute atomic E-state index is 14.4. The van der Waals surface area contributed by atoms with Crippen molar-refractivity contribution in [1.29, 1.82) is 0 Å². The smallest absolute Gasteiger partial charge is 0.298 e. The van der Waals surface area contributed by atoms with Crippen molar-refractivity contribution in [3.05, 3.63) is 58.2 Å². The lowest BCUT2D eigenvalue weighted by atomic mass is 9.95. The van der Waals surface area contributed by atoms with E-state index in [-0.39, 0.29) is 24.6 Å². The van der Waals surface area contributed by atoms with Crippen molar-refractivity contribution in [3.8, 4) is 0 Å². The summed E-state index contributed by atoms with van der Waals surface area (Å²) < 4.78 is 5.47. The van der Waals surface area contributed by atoms with Crippen molar-refractivity contribution < 1.29 is 43.7 Å². The lowest BCUT2D eigenvalue weighted by Crippen LogP contribution is -2.59. The number of aliphatic hydroxyl groups excluding tert-OH is 2. The van der Waals surface area contributed by atoms with Gasteiger partial charge in [-0.1, -0.05) is 90.1 Å². The van der Waals surface area contributed by atoms with Crippen molar-refractivity contribution in [2.24, 2.45) is 11.8 Å². The maximum atomic E-state index is 14.4. The van der Waals surface area contributed by atoms with Crippen molar-refractivity contribution in [3.63, 3.8) is 0 Å². The lowest BCUT2D eigenvalue weighted by molar-refractivity contribution is -0.139. The highest BCUT2D eigenvalue weighted by atomic mass is 16.5. The molecule has 1 rings (SSSR count). The van der Waals surface area contributed by atoms with Crippen LogP contribution in [0.25, 0.3) is 0 Å². The number of benzene rings is 1. The molecule has 0 spiro atoms. The minimum atomic E-state index is -1.54. The first-order valence-corrected chi connectivity index (χ1v) is 19.9. The second-order valence-electron chi connectivity index (χ2n) is 14.8. The Labute approximate surface area is 333 Å². The zero-order valence-electron chi connectivity index (χ0n) is 35.0. The average molecular weight is 786 g/mol. The van der Waals surface area contributed by atoms with Crippen LogP contribution >= 0.6 is 0 Å². The Bertz CT molecular complexity index is 1500. The Balaban J connectivity index is 3.45. The quantitative estimate of drug-likeness (QED) is 0.0335. The molecule has 4 unspecified atom stereocenters. The van der Waals surface area contributed by atoms with Gasteiger partial charge in [-0.3, -0.25) is 28.8 Å². The maximum Gasteiger partial charge on any atom is 0.298 e. The van der Waals surface area contributed by atoms with Crippen LogP contribution in [0.4, 0.5) is 0 Å². The number of nitrogens with zero attached hydrogens (tertiary/aromatic N) is 1. The fraction of sp³-hybridized carbons (Fsp3) is 0.619. The zero-order chi connectivity index (χ0) is 42.4. The number of rotatable bonds is 26. The van der Waals surface area contributed by atoms with Gasteiger partial charge in [0.2, 0.25) is 17.7 Å². The van der Waals surface area contributed by atoms with Gasteiger partial charge in [-0.25, -0.2) is 0 Å². The molecule has 0 aliphatic heterocycles. The molecule has 4 atom stereocenters. The number of aliphatic hydroxyl groups is 2. The predicted molar refractivity (Wildman–Crippen MR) is 216 cm³/mol. The summed E-state index contributed by atoms with van der Waals surface area (Å²) in [6.45, 7) is 14.1. The fourth-order valence-electron chi connectivity index (χ4n) is 6.06. The second-order valence-corrected chi connectivity index (χ2v) is 14.8. The van der Waals surface area contributed by atoms with Gasteiger partial charge in [0, 0.05) is 20.0 Å². The van der Waals surface area contributed by atoms with Crippen LogP contribution in [0.1, 0.15) is 117 Å². The van der Waals surface area contributed by atoms with Gasteiger partial charge in [-0.15, -0.1) is 0 Å². The van der Waals surface area contributed by atoms with Gasteiger partial charge in [0.1, 0.15) is 35.3 Å². The number of carbonyl (C=O) groups is 6. The number of allylic oxidation sites excluding steroid dienone is 2. The average Bonchev–Trinajstić information content (AvgIpc) is 3.16. The number of likely N-dealkylation sites (N-methyl/N-ethyl adjacent to an activating group) is 2. The van der Waals surface area contributed by atoms with Crippen LogP contribution in [0.2, 0.25) is 0 Å². The highest BCUT2D eigenvalue weighted by Crippen LogP contribution is 2.24. The molecule has 0 aliphatic rings. The second kappa shape index (κ2) is 26.2. The summed E-state index contributed by atoms with van der Waals surface area (Å²) in [7, 11) is 1.53. The first-order valence-electron chi connectivity index (χ1n) is 19.9. The van der Waals surface area contributed by atoms with Crippen molar-refractivity contribution >= 4 is 36.0 Å². The standard InChI is InChI=1S/C42H67N5O9/c1-10-13-14-15-19-35(56-26-49)32(18-16-17-31-22-20-28(6)21-23-31)42(55)47(9)34(24-27(4)5)39(52)45-36(29(7)11-2)41(54)44-33(25-48)38(51)46-37(30(8)50)40(53)43-12-3/h20-23,26-27,29,33-34,36,48,50H,10-19,24-25H2,1-9H3,(H,43,53)(H,44,54)(H,45,52)(H,46,51)/b35-32-,37-30-. The van der Waals surface area contributed by atoms with Gasteiger partial charge in [0.25, 0.3) is 18.3 Å². The number of nitrogens with one attached hydrogen (secondary N) is 4. The SMILES string of the molecule is CCCCCC/C(OC=O)=C(\CCCc1ccc(C)cc1)C(=O)N(C)C(CC(C)C)C(=O)NC(C(=O)NC(CO)C(=O)N/C(C(=O)NCC)=C(/C)O)C(C)CC. The van der Waals surface area contributed by atoms with E-state index in [0.29, 0.717) is 50.6 Å². The summed E-state index contributed by atoms with van der Waals surface area (Å²) in [5.41, 5.74) is 2.12. The zero-order valence-corrected chi connectivity index (χ0v) is 35.0. The number of aryl methyl sites for hydroxylation is 2. The highest BCUT2D eigenvalue weighted by molar-refractivity contribution is 6.01. The molecule has 1 aromatic rings. The van der Waals surface area contributed by atoms with Gasteiger partial charge in [0.05, 0.1) is 12.2 Å². The van der Waals surface area contributed by atoms with E-state index in [4.69, 9.17) is 4.74 Å². The molecule has 314 valence electrons. The number of ether oxygens (including phenoxy) is 1. The van der Waals surface area contributed by atoms with Gasteiger partial charge < -0.3 is 41.1 Å². The van der Waals surface area contributed by atoms with Crippen molar-refractivity contribution in [2.45, 2.75) is 138 Å². The first kappa shape index (κ1) is 49.3. The van der Waals surface area contributed by atoms with E-state index >= 15 is 0 Å². The first-order chi connectivity index (χ1) is 26.6. The molecule has 0 saturated heterocycles. The Hall–Kier alpha value is -4.72. The molecule has 0 fully saturated rings. The van der Waals surface area contributed by atoms with E-state index in [9.17, 15) is 39.0 Å². The lowest BCUT2D eigenvalue weighted by Gasteiger charge is -2.33. The van der Waals surface area contributed by atoms with E-state index < -0.39 is 71.6 Å². The summed E-state index contributed by atoms with van der Waals surface area (Å²) in [4.78, 5) is 80.9. The van der Waals surface area contributed by atoms with Crippen LogP contribution in [0.15, 0.2) is 47.1 Å². The summed E-state index contributed by atoms with van der Waals surface area (Å²) >= 11 is 0. The third kappa shape index (κ3) is 16.6. The normalized spacial score (nSPS) is 14.3. The highest BCUT2D eigenvalue weighted by Gasteiger charge is 2.36. The number of unbranched alkanes of at least 4 members (excludes halogenated alkanes) is 3. The van der Waals surface area contributed by atoms with Crippen LogP contribution in [0, 0.1) is 18.8 Å². The molecule has 14 nitrogen and oxygen atoms in total. The molecule has 0 radical (unpaired) electrons. The molecule has 56 heavy (non-hydrogen) atoms. The minimum Gasteiger partial charge on any atom is -0.510 e. The van der Waals surface area contributed by atoms with Crippen LogP contribution in [0.3, 0.4) is 0 Å². The monoisotopic (exact) mass is 785 g/mol. The van der Waals surface area contributed by atoms with E-state index in [1.807, 2.05) is 52.0 Å². The molecule has 6 N–H and O–H groups in total.